The third kappa shape index (κ3) is 39.6. The molecule has 97 heavy (non-hydrogen) atoms. The molecule has 12 N–H and O–H groups in total. The maximum Gasteiger partial charge on any atom is 0.220 e. The first-order valence-electron chi connectivity index (χ1n) is 39.0. The van der Waals surface area contributed by atoms with E-state index in [1.54, 1.807) is 6.08 Å². The van der Waals surface area contributed by atoms with E-state index >= 15 is 0 Å². The molecule has 0 aromatic heterocycles. The second-order valence-corrected chi connectivity index (χ2v) is 27.8. The summed E-state index contributed by atoms with van der Waals surface area (Å²) in [6, 6.07) is -0.988. The van der Waals surface area contributed by atoms with Crippen LogP contribution in [0.2, 0.25) is 0 Å². The van der Waals surface area contributed by atoms with Crippen molar-refractivity contribution in [3.63, 3.8) is 0 Å². The fourth-order valence-corrected chi connectivity index (χ4v) is 13.0. The van der Waals surface area contributed by atoms with Crippen molar-refractivity contribution in [2.75, 3.05) is 26.4 Å². The van der Waals surface area contributed by atoms with Crippen molar-refractivity contribution in [2.45, 2.75) is 401 Å². The van der Waals surface area contributed by atoms with Gasteiger partial charge in [0.05, 0.1) is 38.6 Å². The molecule has 0 aliphatic carbocycles. The molecule has 0 radical (unpaired) electrons. The van der Waals surface area contributed by atoms with Gasteiger partial charge >= 0.3 is 0 Å². The van der Waals surface area contributed by atoms with Crippen LogP contribution in [0.3, 0.4) is 0 Å². The maximum absolute atomic E-state index is 13.4. The third-order valence-electron chi connectivity index (χ3n) is 19.3. The molecule has 3 aliphatic heterocycles. The second kappa shape index (κ2) is 58.9. The molecule has 0 aromatic carbocycles. The van der Waals surface area contributed by atoms with E-state index < -0.39 is 124 Å². The summed E-state index contributed by atoms with van der Waals surface area (Å²) in [6.07, 6.45) is 48.4. The van der Waals surface area contributed by atoms with Gasteiger partial charge in [-0.2, -0.15) is 0 Å². The lowest BCUT2D eigenvalue weighted by molar-refractivity contribution is -0.379. The fourth-order valence-electron chi connectivity index (χ4n) is 13.0. The van der Waals surface area contributed by atoms with Crippen LogP contribution in [0.25, 0.3) is 0 Å². The van der Waals surface area contributed by atoms with Crippen LogP contribution in [0.15, 0.2) is 60.8 Å². The van der Waals surface area contributed by atoms with Crippen molar-refractivity contribution >= 4 is 5.91 Å². The Labute approximate surface area is 586 Å². The average molecular weight is 1380 g/mol. The number of hydrogen-bond donors (Lipinski definition) is 12. The van der Waals surface area contributed by atoms with Crippen LogP contribution in [0.5, 0.6) is 0 Å². The van der Waals surface area contributed by atoms with E-state index in [4.69, 9.17) is 28.4 Å². The summed E-state index contributed by atoms with van der Waals surface area (Å²) in [6.45, 7) is 1.68. The number of carbonyl (C=O) groups excluding carboxylic acids is 1. The molecule has 566 valence electrons. The lowest BCUT2D eigenvalue weighted by Crippen LogP contribution is -2.66. The number of allylic oxidation sites excluding steroid dienone is 9. The first-order chi connectivity index (χ1) is 47.3. The summed E-state index contributed by atoms with van der Waals surface area (Å²) in [4.78, 5) is 13.4. The Morgan fingerprint density at radius 1 is 0.371 bits per heavy atom. The highest BCUT2D eigenvalue weighted by Gasteiger charge is 2.53. The van der Waals surface area contributed by atoms with Crippen molar-refractivity contribution in [3.8, 4) is 0 Å². The minimum absolute atomic E-state index is 0.238. The van der Waals surface area contributed by atoms with Crippen LogP contribution >= 0.6 is 0 Å². The van der Waals surface area contributed by atoms with Gasteiger partial charge in [0, 0.05) is 6.42 Å². The van der Waals surface area contributed by atoms with Crippen LogP contribution in [-0.4, -0.2) is 193 Å². The quantitative estimate of drug-likeness (QED) is 0.0199. The summed E-state index contributed by atoms with van der Waals surface area (Å²) >= 11 is 0. The lowest BCUT2D eigenvalue weighted by Gasteiger charge is -2.48. The van der Waals surface area contributed by atoms with Crippen LogP contribution < -0.4 is 5.32 Å². The van der Waals surface area contributed by atoms with Crippen LogP contribution in [0.1, 0.15) is 296 Å². The molecular formula is C78H141NO18. The molecule has 1 amide bonds. The number of hydrogen-bond acceptors (Lipinski definition) is 18. The molecule has 3 heterocycles. The molecule has 3 saturated heterocycles. The van der Waals surface area contributed by atoms with Gasteiger partial charge < -0.3 is 89.9 Å². The predicted molar refractivity (Wildman–Crippen MR) is 383 cm³/mol. The SMILES string of the molecule is CCCCCCC/C=C\C/C=C\C/C=C\CCCCCCCCCCCCCCCCCCCCCCCCCCCCC(=O)NC(COC1OC(CO)C(OC2OC(CO)C(OC3OC(CO)C(O)C(O)C3O)C(O)C2O)C(O)C1O)C(O)/C=C/CC/C=C/CCCCCCC. The van der Waals surface area contributed by atoms with Gasteiger partial charge in [0.15, 0.2) is 18.9 Å². The van der Waals surface area contributed by atoms with Crippen molar-refractivity contribution in [1.82, 2.24) is 5.32 Å². The lowest BCUT2D eigenvalue weighted by atomic mass is 9.96. The molecule has 17 atom stereocenters. The summed E-state index contributed by atoms with van der Waals surface area (Å²) in [5.41, 5.74) is 0. The average Bonchev–Trinajstić information content (AvgIpc) is 0.790. The van der Waals surface area contributed by atoms with Gasteiger partial charge in [-0.1, -0.05) is 280 Å². The minimum Gasteiger partial charge on any atom is -0.394 e. The highest BCUT2D eigenvalue weighted by atomic mass is 16.8. The van der Waals surface area contributed by atoms with Crippen molar-refractivity contribution in [3.05, 3.63) is 60.8 Å². The number of rotatable bonds is 61. The molecule has 0 aromatic rings. The van der Waals surface area contributed by atoms with E-state index in [1.165, 1.54) is 212 Å². The first kappa shape index (κ1) is 88.7. The molecule has 0 saturated carbocycles. The molecule has 3 aliphatic rings. The van der Waals surface area contributed by atoms with E-state index in [0.717, 1.165) is 51.4 Å². The summed E-state index contributed by atoms with van der Waals surface area (Å²) < 4.78 is 34.3. The number of carbonyl (C=O) groups is 1. The van der Waals surface area contributed by atoms with Crippen molar-refractivity contribution in [1.29, 1.82) is 0 Å². The van der Waals surface area contributed by atoms with Gasteiger partial charge in [0.1, 0.15) is 73.2 Å². The largest absolute Gasteiger partial charge is 0.394 e. The molecule has 19 heteroatoms. The normalized spacial score (nSPS) is 27.2. The molecule has 17 unspecified atom stereocenters. The predicted octanol–water partition coefficient (Wildman–Crippen LogP) is 12.3. The Morgan fingerprint density at radius 2 is 0.691 bits per heavy atom. The highest BCUT2D eigenvalue weighted by molar-refractivity contribution is 5.76. The molecule has 19 nitrogen and oxygen atoms in total. The van der Waals surface area contributed by atoms with Gasteiger partial charge in [-0.3, -0.25) is 4.79 Å². The first-order valence-corrected chi connectivity index (χ1v) is 39.0. The molecular weight excluding hydrogens is 1240 g/mol. The number of ether oxygens (including phenoxy) is 6. The van der Waals surface area contributed by atoms with Gasteiger partial charge in [0.25, 0.3) is 0 Å². The second-order valence-electron chi connectivity index (χ2n) is 27.8. The van der Waals surface area contributed by atoms with E-state index in [9.17, 15) is 61.0 Å². The van der Waals surface area contributed by atoms with E-state index in [0.29, 0.717) is 12.8 Å². The van der Waals surface area contributed by atoms with Crippen molar-refractivity contribution < 1.29 is 89.4 Å². The number of nitrogens with one attached hydrogen (secondary N) is 1. The molecule has 3 rings (SSSR count). The number of amides is 1. The zero-order chi connectivity index (χ0) is 70.4. The van der Waals surface area contributed by atoms with E-state index in [-0.39, 0.29) is 18.9 Å². The summed E-state index contributed by atoms with van der Waals surface area (Å²) in [5, 5.41) is 120. The zero-order valence-electron chi connectivity index (χ0n) is 60.3. The monoisotopic (exact) mass is 1380 g/mol. The van der Waals surface area contributed by atoms with E-state index in [1.807, 2.05) is 6.08 Å². The topological polar surface area (TPSA) is 307 Å². The Kier molecular flexibility index (Phi) is 53.9. The minimum atomic E-state index is -1.98. The maximum atomic E-state index is 13.4. The molecule has 0 spiro atoms. The van der Waals surface area contributed by atoms with Gasteiger partial charge in [-0.05, 0) is 70.6 Å². The Balaban J connectivity index is 1.26. The smallest absolute Gasteiger partial charge is 0.220 e. The Bertz CT molecular complexity index is 1990. The number of unbranched alkanes of at least 4 members (excludes halogenated alkanes) is 37. The zero-order valence-corrected chi connectivity index (χ0v) is 60.3. The molecule has 3 fully saturated rings. The fraction of sp³-hybridized carbons (Fsp3) is 0.859. The number of aliphatic hydroxyl groups is 11. The standard InChI is InChI=1S/C78H141NO18/c1-3-5-7-9-11-13-15-16-17-18-19-20-21-22-23-24-25-26-27-28-29-30-31-32-33-34-35-36-37-38-39-40-41-42-43-44-46-48-50-52-54-56-66(84)79-61(62(83)55-53-51-49-47-45-14-12-10-8-6-4-2)60-92-76-72(90)69(87)74(64(58-81)94-76)97-78-73(91)70(88)75(65(59-82)95-78)96-77-71(89)68(86)67(85)63(57-80)93-77/h15-16,18-19,21-22,45,47,53,55,61-65,67-78,80-83,85-91H,3-14,17,20,23-44,46,48-52,54,56-60H2,1-2H3,(H,79,84)/b16-15-,19-18-,22-21-,47-45+,55-53+. The Hall–Kier alpha value is -2.51. The third-order valence-corrected chi connectivity index (χ3v) is 19.3. The van der Waals surface area contributed by atoms with Gasteiger partial charge in [-0.15, -0.1) is 0 Å². The van der Waals surface area contributed by atoms with Crippen molar-refractivity contribution in [2.24, 2.45) is 0 Å². The van der Waals surface area contributed by atoms with Crippen LogP contribution in [0, 0.1) is 0 Å². The Morgan fingerprint density at radius 3 is 1.10 bits per heavy atom. The van der Waals surface area contributed by atoms with Crippen LogP contribution in [0.4, 0.5) is 0 Å². The number of aliphatic hydroxyl groups excluding tert-OH is 11. The highest BCUT2D eigenvalue weighted by Crippen LogP contribution is 2.33. The molecule has 0 bridgehead atoms. The van der Waals surface area contributed by atoms with E-state index in [2.05, 4.69) is 67.8 Å². The summed E-state index contributed by atoms with van der Waals surface area (Å²) in [5.74, 6) is -0.283. The van der Waals surface area contributed by atoms with Crippen LogP contribution in [-0.2, 0) is 33.2 Å². The summed E-state index contributed by atoms with van der Waals surface area (Å²) in [7, 11) is 0. The van der Waals surface area contributed by atoms with Gasteiger partial charge in [-0.25, -0.2) is 0 Å². The van der Waals surface area contributed by atoms with Gasteiger partial charge in [0.2, 0.25) is 5.91 Å².